The predicted molar refractivity (Wildman–Crippen MR) is 86.0 cm³/mol. The molecule has 0 saturated carbocycles. The molecule has 112 valence electrons. The summed E-state index contributed by atoms with van der Waals surface area (Å²) in [6, 6.07) is 4.15. The molecule has 3 rings (SSSR count). The highest BCUT2D eigenvalue weighted by Gasteiger charge is 2.34. The molecular weight excluding hydrogens is 334 g/mol. The molecule has 0 spiro atoms. The molecule has 2 unspecified atom stereocenters. The number of nitrogens with zero attached hydrogens (tertiary/aromatic N) is 2. The minimum Gasteiger partial charge on any atom is -0.369 e. The quantitative estimate of drug-likeness (QED) is 0.827. The zero-order valence-corrected chi connectivity index (χ0v) is 13.9. The Balaban J connectivity index is 1.93. The summed E-state index contributed by atoms with van der Waals surface area (Å²) >= 11 is 3.54. The van der Waals surface area contributed by atoms with Gasteiger partial charge in [0.15, 0.2) is 0 Å². The molecule has 0 aromatic heterocycles. The van der Waals surface area contributed by atoms with Crippen molar-refractivity contribution in [2.24, 2.45) is 5.92 Å². The van der Waals surface area contributed by atoms with Gasteiger partial charge in [-0.1, -0.05) is 6.92 Å². The highest BCUT2D eigenvalue weighted by atomic mass is 79.9. The summed E-state index contributed by atoms with van der Waals surface area (Å²) in [5, 5.41) is 2.64. The number of carbonyl (C=O) groups is 2. The summed E-state index contributed by atoms with van der Waals surface area (Å²) in [7, 11) is 4.20. The van der Waals surface area contributed by atoms with E-state index in [4.69, 9.17) is 0 Å². The molecule has 2 atom stereocenters. The van der Waals surface area contributed by atoms with E-state index in [9.17, 15) is 9.59 Å². The minimum absolute atomic E-state index is 0.451. The molecule has 1 aromatic rings. The van der Waals surface area contributed by atoms with Crippen molar-refractivity contribution in [3.8, 4) is 0 Å². The van der Waals surface area contributed by atoms with Crippen molar-refractivity contribution in [1.82, 2.24) is 4.90 Å². The highest BCUT2D eigenvalue weighted by molar-refractivity contribution is 9.10. The molecule has 2 heterocycles. The molecule has 2 aliphatic heterocycles. The maximum atomic E-state index is 11.7. The highest BCUT2D eigenvalue weighted by Crippen LogP contribution is 2.37. The van der Waals surface area contributed by atoms with Gasteiger partial charge in [-0.3, -0.25) is 9.59 Å². The summed E-state index contributed by atoms with van der Waals surface area (Å²) in [5.41, 5.74) is 2.09. The summed E-state index contributed by atoms with van der Waals surface area (Å²) in [4.78, 5) is 27.7. The first kappa shape index (κ1) is 14.5. The van der Waals surface area contributed by atoms with Gasteiger partial charge < -0.3 is 15.1 Å². The average Bonchev–Trinajstić information content (AvgIpc) is 2.92. The van der Waals surface area contributed by atoms with Crippen LogP contribution in [0.1, 0.15) is 17.3 Å². The van der Waals surface area contributed by atoms with Crippen LogP contribution in [0, 0.1) is 5.92 Å². The number of anilines is 2. The summed E-state index contributed by atoms with van der Waals surface area (Å²) < 4.78 is 0.859. The first-order valence-corrected chi connectivity index (χ1v) is 7.78. The number of halogens is 1. The van der Waals surface area contributed by atoms with Gasteiger partial charge in [0.05, 0.1) is 16.9 Å². The number of Topliss-reactive ketones (excluding diaryl/α,β-unsaturated/α-hetero) is 1. The van der Waals surface area contributed by atoms with Crippen molar-refractivity contribution in [3.05, 3.63) is 22.2 Å². The fourth-order valence-electron chi connectivity index (χ4n) is 3.22. The Kier molecular flexibility index (Phi) is 3.53. The summed E-state index contributed by atoms with van der Waals surface area (Å²) in [5.74, 6) is -0.440. The lowest BCUT2D eigenvalue weighted by Crippen LogP contribution is -2.34. The zero-order valence-electron chi connectivity index (χ0n) is 12.3. The Morgan fingerprint density at radius 3 is 2.62 bits per heavy atom. The minimum atomic E-state index is -0.546. The van der Waals surface area contributed by atoms with E-state index in [1.54, 1.807) is 6.07 Å². The first-order valence-electron chi connectivity index (χ1n) is 6.99. The largest absolute Gasteiger partial charge is 0.369 e. The van der Waals surface area contributed by atoms with Crippen LogP contribution < -0.4 is 10.2 Å². The fourth-order valence-corrected chi connectivity index (χ4v) is 3.81. The fraction of sp³-hybridized carbons (Fsp3) is 0.467. The lowest BCUT2D eigenvalue weighted by atomic mass is 10.1. The molecule has 0 bridgehead atoms. The van der Waals surface area contributed by atoms with Gasteiger partial charge >= 0.3 is 0 Å². The average molecular weight is 352 g/mol. The van der Waals surface area contributed by atoms with E-state index in [0.717, 1.165) is 23.2 Å². The van der Waals surface area contributed by atoms with Crippen LogP contribution in [0.15, 0.2) is 16.6 Å². The first-order chi connectivity index (χ1) is 9.88. The van der Waals surface area contributed by atoms with E-state index in [1.165, 1.54) is 0 Å². The normalized spacial score (nSPS) is 24.7. The summed E-state index contributed by atoms with van der Waals surface area (Å²) in [6.45, 7) is 4.15. The van der Waals surface area contributed by atoms with Crippen molar-refractivity contribution in [2.75, 3.05) is 37.4 Å². The van der Waals surface area contributed by atoms with Crippen LogP contribution in [-0.4, -0.2) is 49.8 Å². The Hall–Kier alpha value is -1.40. The molecule has 6 heteroatoms. The molecule has 5 nitrogen and oxygen atoms in total. The molecule has 1 fully saturated rings. The SMILES string of the molecule is CC1CN(c2cc3c(cc2Br)C(=O)C(=O)N3)CC1N(C)C. The van der Waals surface area contributed by atoms with Crippen LogP contribution in [0.5, 0.6) is 0 Å². The van der Waals surface area contributed by atoms with Gasteiger partial charge in [0.1, 0.15) is 0 Å². The van der Waals surface area contributed by atoms with E-state index in [1.807, 2.05) is 6.07 Å². The van der Waals surface area contributed by atoms with Gasteiger partial charge in [-0.15, -0.1) is 0 Å². The lowest BCUT2D eigenvalue weighted by Gasteiger charge is -2.23. The maximum Gasteiger partial charge on any atom is 0.296 e. The monoisotopic (exact) mass is 351 g/mol. The number of hydrogen-bond acceptors (Lipinski definition) is 4. The van der Waals surface area contributed by atoms with Crippen molar-refractivity contribution in [2.45, 2.75) is 13.0 Å². The van der Waals surface area contributed by atoms with Crippen molar-refractivity contribution < 1.29 is 9.59 Å². The third-order valence-corrected chi connectivity index (χ3v) is 5.00. The Labute approximate surface area is 132 Å². The van der Waals surface area contributed by atoms with Crippen molar-refractivity contribution in [3.63, 3.8) is 0 Å². The smallest absolute Gasteiger partial charge is 0.296 e. The number of hydrogen-bond donors (Lipinski definition) is 1. The van der Waals surface area contributed by atoms with Crippen LogP contribution in [0.2, 0.25) is 0 Å². The van der Waals surface area contributed by atoms with Gasteiger partial charge in [-0.25, -0.2) is 0 Å². The number of rotatable bonds is 2. The number of nitrogens with one attached hydrogen (secondary N) is 1. The third kappa shape index (κ3) is 2.36. The molecule has 0 radical (unpaired) electrons. The summed E-state index contributed by atoms with van der Waals surface area (Å²) in [6.07, 6.45) is 0. The zero-order chi connectivity index (χ0) is 15.3. The second kappa shape index (κ2) is 5.10. The van der Waals surface area contributed by atoms with Crippen LogP contribution in [0.4, 0.5) is 11.4 Å². The predicted octanol–water partition coefficient (Wildman–Crippen LogP) is 1.97. The van der Waals surface area contributed by atoms with Crippen LogP contribution in [0.25, 0.3) is 0 Å². The van der Waals surface area contributed by atoms with Gasteiger partial charge in [0, 0.05) is 23.6 Å². The Bertz CT molecular complexity index is 630. The molecular formula is C15H18BrN3O2. The number of benzene rings is 1. The van der Waals surface area contributed by atoms with Gasteiger partial charge in [0.25, 0.3) is 11.7 Å². The van der Waals surface area contributed by atoms with Crippen LogP contribution in [-0.2, 0) is 4.79 Å². The standard InChI is InChI=1S/C15H18BrN3O2/c1-8-6-19(7-13(8)18(2)3)12-5-11-9(4-10(12)16)14(20)15(21)17-11/h4-5,8,13H,6-7H2,1-3H3,(H,17,20,21). The van der Waals surface area contributed by atoms with E-state index < -0.39 is 11.7 Å². The Morgan fingerprint density at radius 1 is 1.29 bits per heavy atom. The molecule has 1 saturated heterocycles. The third-order valence-electron chi connectivity index (χ3n) is 4.36. The van der Waals surface area contributed by atoms with E-state index >= 15 is 0 Å². The second-order valence-corrected chi connectivity index (χ2v) is 6.90. The van der Waals surface area contributed by atoms with Crippen molar-refractivity contribution in [1.29, 1.82) is 0 Å². The topological polar surface area (TPSA) is 52.7 Å². The van der Waals surface area contributed by atoms with Gasteiger partial charge in [-0.05, 0) is 48.1 Å². The van der Waals surface area contributed by atoms with Gasteiger partial charge in [-0.2, -0.15) is 0 Å². The second-order valence-electron chi connectivity index (χ2n) is 6.05. The van der Waals surface area contributed by atoms with E-state index in [-0.39, 0.29) is 0 Å². The number of ketones is 1. The molecule has 1 amide bonds. The van der Waals surface area contributed by atoms with E-state index in [0.29, 0.717) is 23.2 Å². The van der Waals surface area contributed by atoms with Gasteiger partial charge in [0.2, 0.25) is 0 Å². The molecule has 21 heavy (non-hydrogen) atoms. The van der Waals surface area contributed by atoms with Crippen LogP contribution in [0.3, 0.4) is 0 Å². The Morgan fingerprint density at radius 2 is 2.00 bits per heavy atom. The number of likely N-dealkylation sites (N-methyl/N-ethyl adjacent to an activating group) is 1. The molecule has 1 N–H and O–H groups in total. The molecule has 0 aliphatic carbocycles. The number of carbonyl (C=O) groups excluding carboxylic acids is 2. The molecule has 1 aromatic carbocycles. The maximum absolute atomic E-state index is 11.7. The van der Waals surface area contributed by atoms with Crippen molar-refractivity contribution >= 4 is 39.0 Å². The lowest BCUT2D eigenvalue weighted by molar-refractivity contribution is -0.112. The van der Waals surface area contributed by atoms with Crippen LogP contribution >= 0.6 is 15.9 Å². The molecule has 2 aliphatic rings. The number of amides is 1. The number of fused-ring (bicyclic) bond motifs is 1. The van der Waals surface area contributed by atoms with E-state index in [2.05, 4.69) is 52.1 Å².